The van der Waals surface area contributed by atoms with Crippen molar-refractivity contribution in [2.24, 2.45) is 0 Å². The maximum absolute atomic E-state index is 12.1. The second-order valence-electron chi connectivity index (χ2n) is 4.79. The van der Waals surface area contributed by atoms with Crippen LogP contribution in [0.1, 0.15) is 18.5 Å². The summed E-state index contributed by atoms with van der Waals surface area (Å²) in [7, 11) is 1.33. The smallest absolute Gasteiger partial charge is 0.337 e. The SMILES string of the molecule is COC(=O)C1=C(C)NC(=S)N[C@H]1c1cc2c(cc1Cl)OCO2. The zero-order valence-corrected chi connectivity index (χ0v) is 13.4. The standard InChI is InChI=1S/C14H13ClN2O4S/c1-6-11(13(18)19-2)12(17-14(22)16-6)7-3-9-10(4-8(7)15)21-5-20-9/h3-4,12H,5H2,1-2H3,(H2,16,17,22)/t12-/m0/s1. The molecule has 1 aromatic rings. The van der Waals surface area contributed by atoms with E-state index in [1.807, 2.05) is 0 Å². The maximum atomic E-state index is 12.1. The fraction of sp³-hybridized carbons (Fsp3) is 0.286. The Bertz CT molecular complexity index is 704. The molecule has 0 aliphatic carbocycles. The molecule has 0 unspecified atom stereocenters. The number of hydrogen-bond acceptors (Lipinski definition) is 5. The van der Waals surface area contributed by atoms with Crippen molar-refractivity contribution in [2.45, 2.75) is 13.0 Å². The number of hydrogen-bond donors (Lipinski definition) is 2. The summed E-state index contributed by atoms with van der Waals surface area (Å²) >= 11 is 11.5. The van der Waals surface area contributed by atoms with E-state index in [-0.39, 0.29) is 6.79 Å². The first kappa shape index (κ1) is 14.9. The fourth-order valence-electron chi connectivity index (χ4n) is 2.46. The molecule has 2 aliphatic heterocycles. The summed E-state index contributed by atoms with van der Waals surface area (Å²) in [6.45, 7) is 1.90. The molecule has 2 aliphatic rings. The van der Waals surface area contributed by atoms with Crippen LogP contribution >= 0.6 is 23.8 Å². The molecule has 2 heterocycles. The molecule has 3 rings (SSSR count). The molecule has 8 heteroatoms. The van der Waals surface area contributed by atoms with Gasteiger partial charge in [-0.1, -0.05) is 11.6 Å². The number of carbonyl (C=O) groups is 1. The predicted octanol–water partition coefficient (Wildman–Crippen LogP) is 2.03. The number of allylic oxidation sites excluding steroid dienone is 1. The third-order valence-corrected chi connectivity index (χ3v) is 4.02. The molecule has 22 heavy (non-hydrogen) atoms. The summed E-state index contributed by atoms with van der Waals surface area (Å²) in [6.07, 6.45) is 0. The Morgan fingerprint density at radius 3 is 2.77 bits per heavy atom. The largest absolute Gasteiger partial charge is 0.466 e. The zero-order valence-electron chi connectivity index (χ0n) is 11.9. The Balaban J connectivity index is 2.10. The maximum Gasteiger partial charge on any atom is 0.337 e. The van der Waals surface area contributed by atoms with Crippen LogP contribution in [0.15, 0.2) is 23.4 Å². The Labute approximate surface area is 137 Å². The molecule has 0 spiro atoms. The van der Waals surface area contributed by atoms with E-state index in [1.165, 1.54) is 7.11 Å². The van der Waals surface area contributed by atoms with Gasteiger partial charge in [0, 0.05) is 17.3 Å². The molecule has 6 nitrogen and oxygen atoms in total. The first-order chi connectivity index (χ1) is 10.5. The third kappa shape index (κ3) is 2.46. The number of carbonyl (C=O) groups excluding carboxylic acids is 1. The van der Waals surface area contributed by atoms with Crippen LogP contribution in [0.25, 0.3) is 0 Å². The van der Waals surface area contributed by atoms with E-state index in [2.05, 4.69) is 10.6 Å². The minimum absolute atomic E-state index is 0.145. The van der Waals surface area contributed by atoms with Gasteiger partial charge in [0.2, 0.25) is 6.79 Å². The summed E-state index contributed by atoms with van der Waals surface area (Å²) < 4.78 is 15.5. The topological polar surface area (TPSA) is 68.8 Å². The average molecular weight is 341 g/mol. The quantitative estimate of drug-likeness (QED) is 0.630. The number of benzene rings is 1. The highest BCUT2D eigenvalue weighted by atomic mass is 35.5. The van der Waals surface area contributed by atoms with E-state index < -0.39 is 12.0 Å². The van der Waals surface area contributed by atoms with Gasteiger partial charge < -0.3 is 24.8 Å². The Morgan fingerprint density at radius 1 is 1.41 bits per heavy atom. The van der Waals surface area contributed by atoms with Gasteiger partial charge in [0.15, 0.2) is 16.6 Å². The third-order valence-electron chi connectivity index (χ3n) is 3.48. The first-order valence-electron chi connectivity index (χ1n) is 6.47. The van der Waals surface area contributed by atoms with Crippen molar-refractivity contribution in [1.29, 1.82) is 0 Å². The Kier molecular flexibility index (Phi) is 3.84. The van der Waals surface area contributed by atoms with Crippen LogP contribution in [0.3, 0.4) is 0 Å². The van der Waals surface area contributed by atoms with Crippen LogP contribution in [-0.4, -0.2) is 25.0 Å². The first-order valence-corrected chi connectivity index (χ1v) is 7.25. The second-order valence-corrected chi connectivity index (χ2v) is 5.60. The molecule has 1 aromatic carbocycles. The van der Waals surface area contributed by atoms with E-state index in [1.54, 1.807) is 19.1 Å². The molecular weight excluding hydrogens is 328 g/mol. The van der Waals surface area contributed by atoms with Crippen molar-refractivity contribution in [3.05, 3.63) is 34.0 Å². The summed E-state index contributed by atoms with van der Waals surface area (Å²) in [5.41, 5.74) is 1.70. The van der Waals surface area contributed by atoms with Crippen LogP contribution in [-0.2, 0) is 9.53 Å². The van der Waals surface area contributed by atoms with Gasteiger partial charge in [-0.25, -0.2) is 4.79 Å². The number of halogens is 1. The highest BCUT2D eigenvalue weighted by Gasteiger charge is 2.33. The van der Waals surface area contributed by atoms with E-state index in [4.69, 9.17) is 38.0 Å². The Morgan fingerprint density at radius 2 is 2.09 bits per heavy atom. The lowest BCUT2D eigenvalue weighted by Crippen LogP contribution is -2.45. The van der Waals surface area contributed by atoms with Gasteiger partial charge >= 0.3 is 5.97 Å². The monoisotopic (exact) mass is 340 g/mol. The molecule has 0 saturated heterocycles. The number of methoxy groups -OCH3 is 1. The lowest BCUT2D eigenvalue weighted by atomic mass is 9.95. The van der Waals surface area contributed by atoms with Crippen molar-refractivity contribution in [3.63, 3.8) is 0 Å². The molecule has 1 atom stereocenters. The fourth-order valence-corrected chi connectivity index (χ4v) is 3.00. The number of nitrogens with one attached hydrogen (secondary N) is 2. The molecule has 0 saturated carbocycles. The predicted molar refractivity (Wildman–Crippen MR) is 83.9 cm³/mol. The zero-order chi connectivity index (χ0) is 15.9. The number of fused-ring (bicyclic) bond motifs is 1. The molecule has 0 fully saturated rings. The Hall–Kier alpha value is -1.99. The van der Waals surface area contributed by atoms with E-state index in [9.17, 15) is 4.79 Å². The van der Waals surface area contributed by atoms with Gasteiger partial charge in [-0.05, 0) is 25.2 Å². The van der Waals surface area contributed by atoms with Crippen LogP contribution in [0, 0.1) is 0 Å². The van der Waals surface area contributed by atoms with Gasteiger partial charge in [0.25, 0.3) is 0 Å². The van der Waals surface area contributed by atoms with Crippen LogP contribution in [0.2, 0.25) is 5.02 Å². The number of thiocarbonyl (C=S) groups is 1. The van der Waals surface area contributed by atoms with Crippen molar-refractivity contribution in [2.75, 3.05) is 13.9 Å². The normalized spacial score (nSPS) is 19.6. The number of ether oxygens (including phenoxy) is 3. The van der Waals surface area contributed by atoms with E-state index in [0.29, 0.717) is 38.5 Å². The minimum atomic E-state index is -0.525. The van der Waals surface area contributed by atoms with Gasteiger partial charge in [0.1, 0.15) is 0 Å². The van der Waals surface area contributed by atoms with E-state index in [0.717, 1.165) is 0 Å². The average Bonchev–Trinajstić information content (AvgIpc) is 2.91. The molecular formula is C14H13ClN2O4S. The summed E-state index contributed by atoms with van der Waals surface area (Å²) in [4.78, 5) is 12.1. The van der Waals surface area contributed by atoms with Crippen molar-refractivity contribution in [1.82, 2.24) is 10.6 Å². The minimum Gasteiger partial charge on any atom is -0.466 e. The molecule has 0 amide bonds. The van der Waals surface area contributed by atoms with Gasteiger partial charge in [-0.3, -0.25) is 0 Å². The highest BCUT2D eigenvalue weighted by Crippen LogP contribution is 2.41. The van der Waals surface area contributed by atoms with Gasteiger partial charge in [0.05, 0.1) is 23.7 Å². The van der Waals surface area contributed by atoms with Crippen molar-refractivity contribution < 1.29 is 19.0 Å². The van der Waals surface area contributed by atoms with E-state index >= 15 is 0 Å². The molecule has 2 N–H and O–H groups in total. The van der Waals surface area contributed by atoms with Crippen LogP contribution in [0.4, 0.5) is 0 Å². The summed E-state index contributed by atoms with van der Waals surface area (Å²) in [5, 5.41) is 6.81. The molecule has 116 valence electrons. The highest BCUT2D eigenvalue weighted by molar-refractivity contribution is 7.80. The van der Waals surface area contributed by atoms with Crippen molar-refractivity contribution in [3.8, 4) is 11.5 Å². The lowest BCUT2D eigenvalue weighted by Gasteiger charge is -2.30. The van der Waals surface area contributed by atoms with Gasteiger partial charge in [-0.2, -0.15) is 0 Å². The number of esters is 1. The molecule has 0 aromatic heterocycles. The van der Waals surface area contributed by atoms with Gasteiger partial charge in [-0.15, -0.1) is 0 Å². The lowest BCUT2D eigenvalue weighted by molar-refractivity contribution is -0.136. The second kappa shape index (κ2) is 5.66. The van der Waals surface area contributed by atoms with Crippen LogP contribution in [0.5, 0.6) is 11.5 Å². The molecule has 0 bridgehead atoms. The van der Waals surface area contributed by atoms with Crippen LogP contribution < -0.4 is 20.1 Å². The number of rotatable bonds is 2. The van der Waals surface area contributed by atoms with Crippen molar-refractivity contribution >= 4 is 34.9 Å². The molecule has 0 radical (unpaired) electrons. The summed E-state index contributed by atoms with van der Waals surface area (Å²) in [5.74, 6) is 0.692. The summed E-state index contributed by atoms with van der Waals surface area (Å²) in [6, 6.07) is 2.88.